The van der Waals surface area contributed by atoms with E-state index in [9.17, 15) is 0 Å². The summed E-state index contributed by atoms with van der Waals surface area (Å²) >= 11 is 3.48. The molecule has 0 bridgehead atoms. The lowest BCUT2D eigenvalue weighted by atomic mass is 9.99. The molecule has 0 aromatic heterocycles. The van der Waals surface area contributed by atoms with Gasteiger partial charge in [-0.15, -0.1) is 0 Å². The number of benzene rings is 2. The summed E-state index contributed by atoms with van der Waals surface area (Å²) < 4.78 is 1.15. The Morgan fingerprint density at radius 2 is 1.70 bits per heavy atom. The van der Waals surface area contributed by atoms with Crippen LogP contribution in [0, 0.1) is 0 Å². The van der Waals surface area contributed by atoms with Crippen LogP contribution in [0.15, 0.2) is 59.1 Å². The van der Waals surface area contributed by atoms with Crippen LogP contribution in [0.3, 0.4) is 0 Å². The third-order valence-corrected chi connectivity index (χ3v) is 4.05. The highest BCUT2D eigenvalue weighted by Crippen LogP contribution is 2.20. The number of halogens is 1. The fourth-order valence-electron chi connectivity index (χ4n) is 2.48. The van der Waals surface area contributed by atoms with E-state index in [4.69, 9.17) is 0 Å². The van der Waals surface area contributed by atoms with Gasteiger partial charge in [-0.1, -0.05) is 65.3 Å². The minimum absolute atomic E-state index is 0.469. The lowest BCUT2D eigenvalue weighted by Crippen LogP contribution is -2.20. The zero-order chi connectivity index (χ0) is 14.2. The van der Waals surface area contributed by atoms with Crippen LogP contribution < -0.4 is 5.32 Å². The summed E-state index contributed by atoms with van der Waals surface area (Å²) in [4.78, 5) is 0. The predicted octanol–water partition coefficient (Wildman–Crippen LogP) is 5.12. The van der Waals surface area contributed by atoms with Crippen molar-refractivity contribution in [2.24, 2.45) is 0 Å². The SMILES string of the molecule is CCNC(CCCc1ccc(Br)cc1)c1ccccc1. The minimum Gasteiger partial charge on any atom is -0.310 e. The average Bonchev–Trinajstić information content (AvgIpc) is 2.49. The molecule has 0 saturated heterocycles. The van der Waals surface area contributed by atoms with Gasteiger partial charge in [-0.25, -0.2) is 0 Å². The van der Waals surface area contributed by atoms with Crippen LogP contribution in [0.5, 0.6) is 0 Å². The van der Waals surface area contributed by atoms with E-state index in [0.717, 1.165) is 17.4 Å². The van der Waals surface area contributed by atoms with Crippen molar-refractivity contribution in [3.63, 3.8) is 0 Å². The van der Waals surface area contributed by atoms with E-state index in [1.165, 1.54) is 24.0 Å². The van der Waals surface area contributed by atoms with Gasteiger partial charge in [-0.3, -0.25) is 0 Å². The van der Waals surface area contributed by atoms with Crippen molar-refractivity contribution in [2.75, 3.05) is 6.54 Å². The Morgan fingerprint density at radius 3 is 2.35 bits per heavy atom. The average molecular weight is 332 g/mol. The van der Waals surface area contributed by atoms with Gasteiger partial charge in [-0.05, 0) is 49.1 Å². The molecule has 106 valence electrons. The topological polar surface area (TPSA) is 12.0 Å². The van der Waals surface area contributed by atoms with E-state index in [-0.39, 0.29) is 0 Å². The van der Waals surface area contributed by atoms with Crippen molar-refractivity contribution in [3.8, 4) is 0 Å². The van der Waals surface area contributed by atoms with Gasteiger partial charge in [0.25, 0.3) is 0 Å². The fourth-order valence-corrected chi connectivity index (χ4v) is 2.74. The maximum Gasteiger partial charge on any atom is 0.0320 e. The molecule has 0 saturated carbocycles. The van der Waals surface area contributed by atoms with Crippen LogP contribution in [-0.2, 0) is 6.42 Å². The van der Waals surface area contributed by atoms with E-state index < -0.39 is 0 Å². The van der Waals surface area contributed by atoms with Crippen LogP contribution >= 0.6 is 15.9 Å². The maximum atomic E-state index is 3.59. The van der Waals surface area contributed by atoms with Crippen LogP contribution in [-0.4, -0.2) is 6.54 Å². The summed E-state index contributed by atoms with van der Waals surface area (Å²) in [6.07, 6.45) is 3.52. The number of hydrogen-bond donors (Lipinski definition) is 1. The first-order valence-corrected chi connectivity index (χ1v) is 8.11. The summed E-state index contributed by atoms with van der Waals surface area (Å²) in [5.41, 5.74) is 2.81. The van der Waals surface area contributed by atoms with Crippen molar-refractivity contribution < 1.29 is 0 Å². The minimum atomic E-state index is 0.469. The number of aryl methyl sites for hydroxylation is 1. The smallest absolute Gasteiger partial charge is 0.0320 e. The molecule has 0 spiro atoms. The first-order valence-electron chi connectivity index (χ1n) is 7.32. The standard InChI is InChI=1S/C18H22BrN/c1-2-20-18(16-8-4-3-5-9-16)10-6-7-15-11-13-17(19)14-12-15/h3-5,8-9,11-14,18,20H,2,6-7,10H2,1H3. The van der Waals surface area contributed by atoms with Gasteiger partial charge >= 0.3 is 0 Å². The number of hydrogen-bond acceptors (Lipinski definition) is 1. The Bertz CT molecular complexity index is 493. The number of rotatable bonds is 7. The van der Waals surface area contributed by atoms with Gasteiger partial charge in [0.15, 0.2) is 0 Å². The zero-order valence-corrected chi connectivity index (χ0v) is 13.6. The Balaban J connectivity index is 1.88. The largest absolute Gasteiger partial charge is 0.310 e. The van der Waals surface area contributed by atoms with E-state index in [1.54, 1.807) is 0 Å². The van der Waals surface area contributed by atoms with E-state index in [0.29, 0.717) is 6.04 Å². The van der Waals surface area contributed by atoms with Gasteiger partial charge in [0, 0.05) is 10.5 Å². The second kappa shape index (κ2) is 8.23. The Kier molecular flexibility index (Phi) is 6.28. The molecule has 2 aromatic rings. The molecule has 0 amide bonds. The maximum absolute atomic E-state index is 3.59. The molecule has 0 aliphatic carbocycles. The summed E-state index contributed by atoms with van der Waals surface area (Å²) in [5, 5.41) is 3.59. The molecule has 1 N–H and O–H groups in total. The van der Waals surface area contributed by atoms with Crippen LogP contribution in [0.1, 0.15) is 36.9 Å². The van der Waals surface area contributed by atoms with Crippen molar-refractivity contribution in [1.82, 2.24) is 5.32 Å². The second-order valence-corrected chi connectivity index (χ2v) is 5.96. The molecule has 1 atom stereocenters. The monoisotopic (exact) mass is 331 g/mol. The van der Waals surface area contributed by atoms with Crippen LogP contribution in [0.25, 0.3) is 0 Å². The summed E-state index contributed by atoms with van der Waals surface area (Å²) in [6, 6.07) is 19.9. The molecule has 0 radical (unpaired) electrons. The van der Waals surface area contributed by atoms with E-state index >= 15 is 0 Å². The first-order chi connectivity index (χ1) is 9.79. The van der Waals surface area contributed by atoms with Gasteiger partial charge in [0.1, 0.15) is 0 Å². The molecule has 0 fully saturated rings. The van der Waals surface area contributed by atoms with Crippen molar-refractivity contribution in [3.05, 3.63) is 70.2 Å². The lowest BCUT2D eigenvalue weighted by Gasteiger charge is -2.18. The molecular weight excluding hydrogens is 310 g/mol. The normalized spacial score (nSPS) is 12.3. The van der Waals surface area contributed by atoms with E-state index in [1.807, 2.05) is 0 Å². The fraction of sp³-hybridized carbons (Fsp3) is 0.333. The van der Waals surface area contributed by atoms with E-state index in [2.05, 4.69) is 82.8 Å². The summed E-state index contributed by atoms with van der Waals surface area (Å²) in [6.45, 7) is 3.18. The molecular formula is C18H22BrN. The van der Waals surface area contributed by atoms with Gasteiger partial charge in [0.2, 0.25) is 0 Å². The number of nitrogens with one attached hydrogen (secondary N) is 1. The first kappa shape index (κ1) is 15.3. The molecule has 1 unspecified atom stereocenters. The Labute approximate surface area is 130 Å². The third-order valence-electron chi connectivity index (χ3n) is 3.52. The Hall–Kier alpha value is -1.12. The van der Waals surface area contributed by atoms with Crippen molar-refractivity contribution in [1.29, 1.82) is 0 Å². The quantitative estimate of drug-likeness (QED) is 0.742. The molecule has 0 aliphatic heterocycles. The third kappa shape index (κ3) is 4.77. The zero-order valence-electron chi connectivity index (χ0n) is 12.0. The Morgan fingerprint density at radius 1 is 1.00 bits per heavy atom. The second-order valence-electron chi connectivity index (χ2n) is 5.04. The van der Waals surface area contributed by atoms with Gasteiger partial charge < -0.3 is 5.32 Å². The molecule has 1 nitrogen and oxygen atoms in total. The highest BCUT2D eigenvalue weighted by atomic mass is 79.9. The molecule has 2 aromatic carbocycles. The molecule has 2 rings (SSSR count). The molecule has 0 aliphatic rings. The predicted molar refractivity (Wildman–Crippen MR) is 89.9 cm³/mol. The van der Waals surface area contributed by atoms with Crippen molar-refractivity contribution in [2.45, 2.75) is 32.2 Å². The molecule has 0 heterocycles. The highest BCUT2D eigenvalue weighted by Gasteiger charge is 2.09. The van der Waals surface area contributed by atoms with Crippen LogP contribution in [0.2, 0.25) is 0 Å². The molecule has 20 heavy (non-hydrogen) atoms. The summed E-state index contributed by atoms with van der Waals surface area (Å²) in [7, 11) is 0. The van der Waals surface area contributed by atoms with Crippen molar-refractivity contribution >= 4 is 15.9 Å². The highest BCUT2D eigenvalue weighted by molar-refractivity contribution is 9.10. The summed E-state index contributed by atoms with van der Waals surface area (Å²) in [5.74, 6) is 0. The van der Waals surface area contributed by atoms with Crippen LogP contribution in [0.4, 0.5) is 0 Å². The van der Waals surface area contributed by atoms with Gasteiger partial charge in [0.05, 0.1) is 0 Å². The molecule has 2 heteroatoms. The lowest BCUT2D eigenvalue weighted by molar-refractivity contribution is 0.498. The van der Waals surface area contributed by atoms with Gasteiger partial charge in [-0.2, -0.15) is 0 Å².